The normalized spacial score (nSPS) is 5.47. The molecule has 1 aromatic carbocycles. The van der Waals surface area contributed by atoms with Crippen LogP contribution < -0.4 is 55.1 Å². The van der Waals surface area contributed by atoms with E-state index >= 15 is 0 Å². The molecule has 1 aromatic rings. The van der Waals surface area contributed by atoms with Gasteiger partial charge in [-0.15, -0.1) is 0 Å². The largest absolute Gasteiger partial charge is 2.00 e. The Hall–Kier alpha value is 1.90. The number of hydrogen-bond acceptors (Lipinski definition) is 2. The Balaban J connectivity index is -0.0000000337. The molecule has 2 N–H and O–H groups in total. The monoisotopic (exact) mass is 310 g/mol. The fraction of sp³-hybridized carbons (Fsp3) is 0. The van der Waals surface area contributed by atoms with E-state index in [4.69, 9.17) is 10.0 Å². The Kier molecular flexibility index (Phi) is 50.8. The summed E-state index contributed by atoms with van der Waals surface area (Å²) >= 11 is 0. The van der Waals surface area contributed by atoms with E-state index in [0.29, 0.717) is 5.46 Å². The summed E-state index contributed by atoms with van der Waals surface area (Å²) in [6.07, 6.45) is 0. The zero-order chi connectivity index (χ0) is 6.69. The maximum absolute atomic E-state index is 8.58. The van der Waals surface area contributed by atoms with E-state index in [9.17, 15) is 0 Å². The second kappa shape index (κ2) is 21.2. The van der Waals surface area contributed by atoms with Gasteiger partial charge < -0.3 is 59.7 Å². The van der Waals surface area contributed by atoms with Gasteiger partial charge in [0.2, 0.25) is 0 Å². The van der Waals surface area contributed by atoms with E-state index in [2.05, 4.69) is 0 Å². The average molecular weight is 312 g/mol. The zero-order valence-corrected chi connectivity index (χ0v) is 13.6. The molecule has 2 nitrogen and oxygen atoms in total. The van der Waals surface area contributed by atoms with Crippen molar-refractivity contribution in [1.29, 1.82) is 0 Å². The van der Waals surface area contributed by atoms with Crippen LogP contribution in [-0.2, 0) is 0 Å². The molecule has 0 aromatic heterocycles. The topological polar surface area (TPSA) is 40.5 Å². The number of hydrogen-bond donors (Lipinski definition) is 2. The minimum atomic E-state index is -1.34. The van der Waals surface area contributed by atoms with Crippen LogP contribution in [0.4, 0.5) is 0 Å². The fourth-order valence-electron chi connectivity index (χ4n) is 0.625. The van der Waals surface area contributed by atoms with E-state index in [1.54, 1.807) is 24.3 Å². The van der Waals surface area contributed by atoms with Crippen LogP contribution in [0.5, 0.6) is 0 Å². The first-order chi connectivity index (χ1) is 4.30. The Bertz CT molecular complexity index is 194. The Morgan fingerprint density at radius 3 is 1.27 bits per heavy atom. The van der Waals surface area contributed by atoms with Crippen molar-refractivity contribution in [3.05, 3.63) is 30.3 Å². The van der Waals surface area contributed by atoms with Crippen LogP contribution >= 0.6 is 0 Å². The zero-order valence-electron chi connectivity index (χ0n) is 7.78. The van der Waals surface area contributed by atoms with Gasteiger partial charge in [-0.25, -0.2) is 0 Å². The summed E-state index contributed by atoms with van der Waals surface area (Å²) < 4.78 is 0. The molecule has 0 aliphatic heterocycles. The Labute approximate surface area is 147 Å². The molecule has 0 unspecified atom stereocenters. The molecule has 0 bridgehead atoms. The minimum absolute atomic E-state index is 0. The fourth-order valence-corrected chi connectivity index (χ4v) is 0.625. The SMILES string of the molecule is OB(O)c1ccccc1.[Cl-].[Cl-].[Cl-].[Cl-].[Mg+2].[Mg+2]. The van der Waals surface area contributed by atoms with Crippen LogP contribution in [0.25, 0.3) is 0 Å². The Morgan fingerprint density at radius 2 is 1.07 bits per heavy atom. The summed E-state index contributed by atoms with van der Waals surface area (Å²) in [5.41, 5.74) is 0.525. The van der Waals surface area contributed by atoms with Gasteiger partial charge in [-0.05, 0) is 5.46 Å². The van der Waals surface area contributed by atoms with Gasteiger partial charge in [-0.3, -0.25) is 0 Å². The quantitative estimate of drug-likeness (QED) is 0.506. The summed E-state index contributed by atoms with van der Waals surface area (Å²) in [5, 5.41) is 17.2. The van der Waals surface area contributed by atoms with Crippen molar-refractivity contribution in [2.75, 3.05) is 0 Å². The van der Waals surface area contributed by atoms with Crippen molar-refractivity contribution in [2.24, 2.45) is 0 Å². The maximum atomic E-state index is 8.58. The number of benzene rings is 1. The van der Waals surface area contributed by atoms with Crippen molar-refractivity contribution in [2.45, 2.75) is 0 Å². The first-order valence-electron chi connectivity index (χ1n) is 2.72. The summed E-state index contributed by atoms with van der Waals surface area (Å²) in [6, 6.07) is 8.66. The predicted octanol–water partition coefficient (Wildman–Crippen LogP) is -13.4. The summed E-state index contributed by atoms with van der Waals surface area (Å²) in [5.74, 6) is 0. The molecule has 0 spiro atoms. The Morgan fingerprint density at radius 1 is 0.733 bits per heavy atom. The first kappa shape index (κ1) is 36.0. The minimum Gasteiger partial charge on any atom is -1.00 e. The van der Waals surface area contributed by atoms with Crippen LogP contribution in [0.2, 0.25) is 0 Å². The van der Waals surface area contributed by atoms with Gasteiger partial charge in [0, 0.05) is 0 Å². The smallest absolute Gasteiger partial charge is 1.00 e. The number of halogens is 4. The molecule has 0 aliphatic carbocycles. The molecule has 0 fully saturated rings. The summed E-state index contributed by atoms with van der Waals surface area (Å²) in [6.45, 7) is 0. The van der Waals surface area contributed by atoms with E-state index < -0.39 is 7.12 Å². The molecule has 78 valence electrons. The third kappa shape index (κ3) is 15.9. The maximum Gasteiger partial charge on any atom is 2.00 e. The molecular weight excluding hydrogens is 305 g/mol. The van der Waals surface area contributed by atoms with Crippen molar-refractivity contribution in [1.82, 2.24) is 0 Å². The van der Waals surface area contributed by atoms with Gasteiger partial charge in [0.15, 0.2) is 0 Å². The van der Waals surface area contributed by atoms with Crippen molar-refractivity contribution in [3.8, 4) is 0 Å². The standard InChI is InChI=1S/C6H7BO2.4ClH.2Mg/c8-7(9)6-4-2-1-3-5-6;;;;;;/h1-5,8-9H;4*1H;;/q;;;;;2*+2/p-4. The van der Waals surface area contributed by atoms with Crippen LogP contribution in [0, 0.1) is 0 Å². The molecule has 0 radical (unpaired) electrons. The van der Waals surface area contributed by atoms with Crippen LogP contribution in [0.1, 0.15) is 0 Å². The molecule has 15 heavy (non-hydrogen) atoms. The molecular formula is C6H7BCl4Mg2O2. The summed E-state index contributed by atoms with van der Waals surface area (Å²) in [4.78, 5) is 0. The van der Waals surface area contributed by atoms with Gasteiger partial charge in [0.25, 0.3) is 0 Å². The molecule has 0 amide bonds. The molecule has 0 saturated carbocycles. The van der Waals surface area contributed by atoms with Crippen LogP contribution in [0.15, 0.2) is 30.3 Å². The first-order valence-corrected chi connectivity index (χ1v) is 2.72. The van der Waals surface area contributed by atoms with E-state index in [-0.39, 0.29) is 95.7 Å². The van der Waals surface area contributed by atoms with Gasteiger partial charge in [-0.1, -0.05) is 30.3 Å². The van der Waals surface area contributed by atoms with Crippen molar-refractivity contribution in [3.63, 3.8) is 0 Å². The third-order valence-electron chi connectivity index (χ3n) is 1.10. The van der Waals surface area contributed by atoms with Crippen molar-refractivity contribution < 1.29 is 59.7 Å². The van der Waals surface area contributed by atoms with Gasteiger partial charge in [0.1, 0.15) is 0 Å². The third-order valence-corrected chi connectivity index (χ3v) is 1.10. The van der Waals surface area contributed by atoms with E-state index in [1.165, 1.54) is 0 Å². The van der Waals surface area contributed by atoms with E-state index in [1.807, 2.05) is 6.07 Å². The molecule has 0 saturated heterocycles. The average Bonchev–Trinajstić information content (AvgIpc) is 1.90. The van der Waals surface area contributed by atoms with Gasteiger partial charge in [0.05, 0.1) is 0 Å². The molecule has 1 rings (SSSR count). The second-order valence-corrected chi connectivity index (χ2v) is 1.78. The predicted molar refractivity (Wildman–Crippen MR) is 47.8 cm³/mol. The van der Waals surface area contributed by atoms with E-state index in [0.717, 1.165) is 0 Å². The van der Waals surface area contributed by atoms with Crippen LogP contribution in [-0.4, -0.2) is 63.3 Å². The van der Waals surface area contributed by atoms with Crippen LogP contribution in [0.3, 0.4) is 0 Å². The van der Waals surface area contributed by atoms with Gasteiger partial charge in [-0.2, -0.15) is 0 Å². The molecule has 0 atom stereocenters. The summed E-state index contributed by atoms with van der Waals surface area (Å²) in [7, 11) is -1.34. The second-order valence-electron chi connectivity index (χ2n) is 1.78. The molecule has 0 aliphatic rings. The molecule has 0 heterocycles. The molecule has 9 heteroatoms. The van der Waals surface area contributed by atoms with Crippen molar-refractivity contribution >= 4 is 58.7 Å². The van der Waals surface area contributed by atoms with Gasteiger partial charge >= 0.3 is 53.2 Å². The number of rotatable bonds is 1.